The van der Waals surface area contributed by atoms with Crippen molar-refractivity contribution >= 4 is 33.0 Å². The first-order chi connectivity index (χ1) is 22.5. The molecule has 0 unspecified atom stereocenters. The van der Waals surface area contributed by atoms with E-state index in [4.69, 9.17) is 19.4 Å². The van der Waals surface area contributed by atoms with Crippen LogP contribution in [0.2, 0.25) is 0 Å². The molecule has 0 radical (unpaired) electrons. The van der Waals surface area contributed by atoms with Gasteiger partial charge in [-0.25, -0.2) is 9.97 Å². The van der Waals surface area contributed by atoms with Crippen LogP contribution in [-0.4, -0.2) is 19.1 Å². The van der Waals surface area contributed by atoms with E-state index in [9.17, 15) is 0 Å². The number of aryl methyl sites for hydroxylation is 1. The molecule has 9 rings (SSSR count). The number of hydrogen-bond donors (Lipinski definition) is 0. The smallest absolute Gasteiger partial charge is 0.145 e. The minimum atomic E-state index is -0.209. The molecule has 0 fully saturated rings. The fourth-order valence-corrected chi connectivity index (χ4v) is 6.96. The highest BCUT2D eigenvalue weighted by Crippen LogP contribution is 2.50. The number of para-hydroxylation sites is 3. The van der Waals surface area contributed by atoms with Crippen molar-refractivity contribution in [3.8, 4) is 40.1 Å². The van der Waals surface area contributed by atoms with E-state index in [1.807, 2.05) is 80.0 Å². The summed E-state index contributed by atoms with van der Waals surface area (Å²) in [6.07, 6.45) is 1.85. The van der Waals surface area contributed by atoms with Gasteiger partial charge >= 0.3 is 0 Å². The standard InChI is InChI=1S/C40H30N4O2/c1-40(2)31-16-4-7-19-36(31)46-37-24-35-30(23-32(37)40)29-15-10-20-41-39(29)44(35)26-12-9-14-28(22-26)45-27-13-8-11-25(21-27)38-42-33-17-5-6-18-34(33)43(38)3/h4-24H,1-3H3. The lowest BCUT2D eigenvalue weighted by Gasteiger charge is -2.34. The third-order valence-electron chi connectivity index (χ3n) is 9.27. The van der Waals surface area contributed by atoms with Gasteiger partial charge in [0.25, 0.3) is 0 Å². The average molecular weight is 599 g/mol. The van der Waals surface area contributed by atoms with Crippen LogP contribution >= 0.6 is 0 Å². The van der Waals surface area contributed by atoms with Crippen molar-refractivity contribution in [1.82, 2.24) is 19.1 Å². The van der Waals surface area contributed by atoms with Gasteiger partial charge in [0.2, 0.25) is 0 Å². The molecule has 6 nitrogen and oxygen atoms in total. The molecular weight excluding hydrogens is 568 g/mol. The van der Waals surface area contributed by atoms with Crippen LogP contribution in [0, 0.1) is 0 Å². The highest BCUT2D eigenvalue weighted by Gasteiger charge is 2.35. The topological polar surface area (TPSA) is 54.1 Å². The number of imidazole rings is 1. The van der Waals surface area contributed by atoms with Gasteiger partial charge in [-0.1, -0.05) is 62.4 Å². The molecule has 0 N–H and O–H groups in total. The van der Waals surface area contributed by atoms with Crippen LogP contribution in [0.5, 0.6) is 23.0 Å². The minimum Gasteiger partial charge on any atom is -0.457 e. The van der Waals surface area contributed by atoms with Crippen molar-refractivity contribution in [3.63, 3.8) is 0 Å². The summed E-state index contributed by atoms with van der Waals surface area (Å²) in [5.74, 6) is 4.14. The van der Waals surface area contributed by atoms with Gasteiger partial charge in [-0.2, -0.15) is 0 Å². The van der Waals surface area contributed by atoms with Crippen molar-refractivity contribution in [2.24, 2.45) is 7.05 Å². The summed E-state index contributed by atoms with van der Waals surface area (Å²) in [4.78, 5) is 9.73. The van der Waals surface area contributed by atoms with Crippen LogP contribution in [0.15, 0.2) is 128 Å². The monoisotopic (exact) mass is 598 g/mol. The Labute approximate surface area is 266 Å². The van der Waals surface area contributed by atoms with E-state index in [1.165, 1.54) is 11.1 Å². The molecule has 4 heterocycles. The van der Waals surface area contributed by atoms with Gasteiger partial charge in [-0.15, -0.1) is 0 Å². The SMILES string of the molecule is Cn1c(-c2cccc(Oc3cccc(-n4c5cc6c(cc5c5cccnc54)C(C)(C)c4ccccc4O6)c3)c2)nc2ccccc21. The van der Waals surface area contributed by atoms with Gasteiger partial charge in [0, 0.05) is 58.3 Å². The lowest BCUT2D eigenvalue weighted by molar-refractivity contribution is 0.419. The summed E-state index contributed by atoms with van der Waals surface area (Å²) in [7, 11) is 2.04. The van der Waals surface area contributed by atoms with Crippen LogP contribution in [-0.2, 0) is 12.5 Å². The number of hydrogen-bond acceptors (Lipinski definition) is 4. The maximum atomic E-state index is 6.52. The van der Waals surface area contributed by atoms with Crippen LogP contribution in [0.25, 0.3) is 50.0 Å². The summed E-state index contributed by atoms with van der Waals surface area (Å²) in [6, 6.07) is 41.3. The Morgan fingerprint density at radius 3 is 2.37 bits per heavy atom. The first-order valence-corrected chi connectivity index (χ1v) is 15.5. The number of aromatic nitrogens is 4. The Hall–Kier alpha value is -5.88. The zero-order valence-electron chi connectivity index (χ0n) is 25.7. The fourth-order valence-electron chi connectivity index (χ4n) is 6.96. The predicted octanol–water partition coefficient (Wildman–Crippen LogP) is 9.96. The third-order valence-corrected chi connectivity index (χ3v) is 9.27. The van der Waals surface area contributed by atoms with Gasteiger partial charge in [0.1, 0.15) is 34.5 Å². The number of nitrogens with zero attached hydrogens (tertiary/aromatic N) is 4. The fraction of sp³-hybridized carbons (Fsp3) is 0.100. The zero-order valence-corrected chi connectivity index (χ0v) is 25.7. The number of ether oxygens (including phenoxy) is 2. The lowest BCUT2D eigenvalue weighted by atomic mass is 9.75. The highest BCUT2D eigenvalue weighted by molar-refractivity contribution is 6.09. The lowest BCUT2D eigenvalue weighted by Crippen LogP contribution is -2.24. The number of pyridine rings is 1. The van der Waals surface area contributed by atoms with Crippen molar-refractivity contribution < 1.29 is 9.47 Å². The second-order valence-corrected chi connectivity index (χ2v) is 12.4. The molecule has 1 aliphatic heterocycles. The Kier molecular flexibility index (Phi) is 5.66. The molecule has 0 saturated heterocycles. The molecule has 46 heavy (non-hydrogen) atoms. The van der Waals surface area contributed by atoms with E-state index < -0.39 is 0 Å². The number of rotatable bonds is 4. The molecule has 0 spiro atoms. The maximum absolute atomic E-state index is 6.52. The normalized spacial score (nSPS) is 13.5. The van der Waals surface area contributed by atoms with Crippen molar-refractivity contribution in [3.05, 3.63) is 139 Å². The van der Waals surface area contributed by atoms with Gasteiger partial charge < -0.3 is 14.0 Å². The number of benzene rings is 5. The molecule has 6 heteroatoms. The van der Waals surface area contributed by atoms with Crippen molar-refractivity contribution in [1.29, 1.82) is 0 Å². The van der Waals surface area contributed by atoms with Crippen LogP contribution in [0.3, 0.4) is 0 Å². The van der Waals surface area contributed by atoms with Gasteiger partial charge in [0.05, 0.1) is 22.2 Å². The summed E-state index contributed by atoms with van der Waals surface area (Å²) in [6.45, 7) is 4.53. The molecule has 0 aliphatic carbocycles. The average Bonchev–Trinajstić information content (AvgIpc) is 3.59. The molecule has 1 aliphatic rings. The van der Waals surface area contributed by atoms with Crippen molar-refractivity contribution in [2.75, 3.05) is 0 Å². The predicted molar refractivity (Wildman–Crippen MR) is 183 cm³/mol. The molecule has 3 aromatic heterocycles. The quantitative estimate of drug-likeness (QED) is 0.202. The molecule has 8 aromatic rings. The van der Waals surface area contributed by atoms with Crippen LogP contribution in [0.1, 0.15) is 25.0 Å². The van der Waals surface area contributed by atoms with Gasteiger partial charge in [-0.05, 0) is 60.7 Å². The zero-order chi connectivity index (χ0) is 31.0. The largest absolute Gasteiger partial charge is 0.457 e. The first-order valence-electron chi connectivity index (χ1n) is 15.5. The summed E-state index contributed by atoms with van der Waals surface area (Å²) < 4.78 is 17.3. The molecule has 0 bridgehead atoms. The molecule has 5 aromatic carbocycles. The summed E-state index contributed by atoms with van der Waals surface area (Å²) in [5.41, 5.74) is 8.08. The second kappa shape index (κ2) is 9.81. The summed E-state index contributed by atoms with van der Waals surface area (Å²) >= 11 is 0. The highest BCUT2D eigenvalue weighted by atomic mass is 16.5. The molecule has 222 valence electrons. The van der Waals surface area contributed by atoms with Crippen LogP contribution in [0.4, 0.5) is 0 Å². The second-order valence-electron chi connectivity index (χ2n) is 12.4. The molecule has 0 atom stereocenters. The van der Waals surface area contributed by atoms with E-state index in [2.05, 4.69) is 77.6 Å². The van der Waals surface area contributed by atoms with E-state index in [-0.39, 0.29) is 5.41 Å². The third kappa shape index (κ3) is 3.96. The molecular formula is C40H30N4O2. The minimum absolute atomic E-state index is 0.209. The van der Waals surface area contributed by atoms with Gasteiger partial charge in [-0.3, -0.25) is 4.57 Å². The first kappa shape index (κ1) is 26.5. The Morgan fingerprint density at radius 1 is 0.674 bits per heavy atom. The molecule has 0 amide bonds. The Bertz CT molecular complexity index is 2490. The Balaban J connectivity index is 1.14. The molecule has 0 saturated carbocycles. The Morgan fingerprint density at radius 2 is 1.48 bits per heavy atom. The maximum Gasteiger partial charge on any atom is 0.145 e. The number of fused-ring (bicyclic) bond motifs is 6. The van der Waals surface area contributed by atoms with Crippen molar-refractivity contribution in [2.45, 2.75) is 19.3 Å². The van der Waals surface area contributed by atoms with Gasteiger partial charge in [0.15, 0.2) is 0 Å². The van der Waals surface area contributed by atoms with E-state index in [0.29, 0.717) is 0 Å². The van der Waals surface area contributed by atoms with Crippen LogP contribution < -0.4 is 9.47 Å². The van der Waals surface area contributed by atoms with E-state index >= 15 is 0 Å². The van der Waals surface area contributed by atoms with E-state index in [1.54, 1.807) is 0 Å². The van der Waals surface area contributed by atoms with E-state index in [0.717, 1.165) is 73.0 Å². The summed E-state index contributed by atoms with van der Waals surface area (Å²) in [5, 5.41) is 2.23.